The van der Waals surface area contributed by atoms with Crippen LogP contribution in [0.15, 0.2) is 51.8 Å². The fourth-order valence-electron chi connectivity index (χ4n) is 3.22. The van der Waals surface area contributed by atoms with E-state index in [1.807, 2.05) is 31.2 Å². The van der Waals surface area contributed by atoms with Crippen LogP contribution in [-0.2, 0) is 26.0 Å². The molecule has 0 spiro atoms. The highest BCUT2D eigenvalue weighted by Crippen LogP contribution is 2.32. The number of nitrogens with zero attached hydrogens (tertiary/aromatic N) is 1. The minimum absolute atomic E-state index is 0.00913. The van der Waals surface area contributed by atoms with Gasteiger partial charge in [-0.15, -0.1) is 0 Å². The van der Waals surface area contributed by atoms with Gasteiger partial charge in [-0.25, -0.2) is 13.6 Å². The van der Waals surface area contributed by atoms with Gasteiger partial charge in [0.15, 0.2) is 0 Å². The molecule has 0 bridgehead atoms. The SMILES string of the molecule is CCc1ccc(NC(=O)[C@H]2CC(=O)N(c3ccccc3Br)C2)cc1S(N)(=O)=O. The highest BCUT2D eigenvalue weighted by molar-refractivity contribution is 9.10. The number of hydrogen-bond acceptors (Lipinski definition) is 4. The maximum Gasteiger partial charge on any atom is 0.238 e. The van der Waals surface area contributed by atoms with Crippen LogP contribution in [0.4, 0.5) is 11.4 Å². The average molecular weight is 466 g/mol. The van der Waals surface area contributed by atoms with Crippen LogP contribution in [0.5, 0.6) is 0 Å². The van der Waals surface area contributed by atoms with Gasteiger partial charge in [0.25, 0.3) is 0 Å². The number of hydrogen-bond donors (Lipinski definition) is 2. The standard InChI is InChI=1S/C19H20BrN3O4S/c1-2-12-7-8-14(10-17(12)28(21,26)27)22-19(25)13-9-18(24)23(11-13)16-6-4-3-5-15(16)20/h3-8,10,13H,2,9,11H2,1H3,(H,22,25)(H2,21,26,27)/t13-/m0/s1. The highest BCUT2D eigenvalue weighted by atomic mass is 79.9. The fraction of sp³-hybridized carbons (Fsp3) is 0.263. The lowest BCUT2D eigenvalue weighted by atomic mass is 10.1. The third-order valence-electron chi connectivity index (χ3n) is 4.66. The molecule has 2 aromatic carbocycles. The molecule has 0 aliphatic carbocycles. The molecule has 0 aromatic heterocycles. The molecule has 1 atom stereocenters. The van der Waals surface area contributed by atoms with Gasteiger partial charge in [0.05, 0.1) is 16.5 Å². The molecule has 0 radical (unpaired) electrons. The first-order valence-electron chi connectivity index (χ1n) is 8.72. The van der Waals surface area contributed by atoms with Crippen molar-refractivity contribution in [3.63, 3.8) is 0 Å². The zero-order chi connectivity index (χ0) is 20.5. The van der Waals surface area contributed by atoms with Gasteiger partial charge in [-0.1, -0.05) is 25.1 Å². The van der Waals surface area contributed by atoms with Crippen LogP contribution < -0.4 is 15.4 Å². The number of sulfonamides is 1. The van der Waals surface area contributed by atoms with Crippen LogP contribution in [-0.4, -0.2) is 26.8 Å². The molecule has 7 nitrogen and oxygen atoms in total. The summed E-state index contributed by atoms with van der Waals surface area (Å²) in [4.78, 5) is 26.6. The maximum atomic E-state index is 12.7. The van der Waals surface area contributed by atoms with E-state index in [-0.39, 0.29) is 29.7 Å². The van der Waals surface area contributed by atoms with Crippen molar-refractivity contribution < 1.29 is 18.0 Å². The zero-order valence-corrected chi connectivity index (χ0v) is 17.6. The van der Waals surface area contributed by atoms with E-state index in [1.54, 1.807) is 17.0 Å². The van der Waals surface area contributed by atoms with Gasteiger partial charge in [0, 0.05) is 23.1 Å². The normalized spacial score (nSPS) is 17.0. The highest BCUT2D eigenvalue weighted by Gasteiger charge is 2.35. The first kappa shape index (κ1) is 20.5. The van der Waals surface area contributed by atoms with Crippen molar-refractivity contribution in [2.45, 2.75) is 24.7 Å². The predicted molar refractivity (Wildman–Crippen MR) is 110 cm³/mol. The monoisotopic (exact) mass is 465 g/mol. The Kier molecular flexibility index (Phi) is 5.87. The summed E-state index contributed by atoms with van der Waals surface area (Å²) < 4.78 is 24.4. The molecule has 2 aromatic rings. The van der Waals surface area contributed by atoms with Crippen molar-refractivity contribution in [2.24, 2.45) is 11.1 Å². The Morgan fingerprint density at radius 3 is 2.64 bits per heavy atom. The van der Waals surface area contributed by atoms with Gasteiger partial charge in [-0.3, -0.25) is 9.59 Å². The Balaban J connectivity index is 1.77. The number of primary sulfonamides is 1. The number of para-hydroxylation sites is 1. The van der Waals surface area contributed by atoms with E-state index in [0.717, 1.165) is 4.47 Å². The lowest BCUT2D eigenvalue weighted by molar-refractivity contribution is -0.122. The number of carbonyl (C=O) groups is 2. The molecule has 9 heteroatoms. The van der Waals surface area contributed by atoms with Crippen LogP contribution in [0.1, 0.15) is 18.9 Å². The number of rotatable bonds is 5. The Morgan fingerprint density at radius 1 is 1.29 bits per heavy atom. The van der Waals surface area contributed by atoms with Crippen molar-refractivity contribution in [1.82, 2.24) is 0 Å². The first-order chi connectivity index (χ1) is 13.2. The second-order valence-electron chi connectivity index (χ2n) is 6.57. The second kappa shape index (κ2) is 8.02. The predicted octanol–water partition coefficient (Wildman–Crippen LogP) is 2.65. The summed E-state index contributed by atoms with van der Waals surface area (Å²) in [7, 11) is -3.90. The molecule has 1 heterocycles. The molecule has 3 rings (SSSR count). The van der Waals surface area contributed by atoms with E-state index in [1.165, 1.54) is 6.07 Å². The van der Waals surface area contributed by atoms with Crippen LogP contribution in [0, 0.1) is 5.92 Å². The summed E-state index contributed by atoms with van der Waals surface area (Å²) in [6.45, 7) is 2.07. The lowest BCUT2D eigenvalue weighted by Gasteiger charge is -2.18. The lowest BCUT2D eigenvalue weighted by Crippen LogP contribution is -2.28. The van der Waals surface area contributed by atoms with Crippen molar-refractivity contribution in [2.75, 3.05) is 16.8 Å². The number of amides is 2. The largest absolute Gasteiger partial charge is 0.326 e. The molecule has 28 heavy (non-hydrogen) atoms. The van der Waals surface area contributed by atoms with E-state index in [2.05, 4.69) is 21.2 Å². The number of nitrogens with one attached hydrogen (secondary N) is 1. The van der Waals surface area contributed by atoms with E-state index in [9.17, 15) is 18.0 Å². The van der Waals surface area contributed by atoms with Gasteiger partial charge in [-0.2, -0.15) is 0 Å². The topological polar surface area (TPSA) is 110 Å². The van der Waals surface area contributed by atoms with Crippen LogP contribution >= 0.6 is 15.9 Å². The van der Waals surface area contributed by atoms with Gasteiger partial charge in [0.1, 0.15) is 0 Å². The Bertz CT molecular complexity index is 1040. The van der Waals surface area contributed by atoms with Gasteiger partial charge in [0.2, 0.25) is 21.8 Å². The Morgan fingerprint density at radius 2 is 2.00 bits per heavy atom. The molecule has 3 N–H and O–H groups in total. The minimum atomic E-state index is -3.90. The number of nitrogens with two attached hydrogens (primary N) is 1. The molecular formula is C19H20BrN3O4S. The smallest absolute Gasteiger partial charge is 0.238 e. The van der Waals surface area contributed by atoms with Crippen LogP contribution in [0.25, 0.3) is 0 Å². The number of anilines is 2. The molecule has 2 amide bonds. The summed E-state index contributed by atoms with van der Waals surface area (Å²) in [5, 5.41) is 7.98. The summed E-state index contributed by atoms with van der Waals surface area (Å²) in [5.41, 5.74) is 1.63. The first-order valence-corrected chi connectivity index (χ1v) is 11.1. The summed E-state index contributed by atoms with van der Waals surface area (Å²) in [6, 6.07) is 11.9. The third kappa shape index (κ3) is 4.26. The van der Waals surface area contributed by atoms with E-state index in [0.29, 0.717) is 23.4 Å². The fourth-order valence-corrected chi connectivity index (χ4v) is 4.59. The van der Waals surface area contributed by atoms with Crippen molar-refractivity contribution >= 4 is 49.1 Å². The number of benzene rings is 2. The Labute approximate surface area is 172 Å². The van der Waals surface area contributed by atoms with E-state index < -0.39 is 15.9 Å². The van der Waals surface area contributed by atoms with Gasteiger partial charge < -0.3 is 10.2 Å². The van der Waals surface area contributed by atoms with Crippen molar-refractivity contribution in [1.29, 1.82) is 0 Å². The number of carbonyl (C=O) groups excluding carboxylic acids is 2. The van der Waals surface area contributed by atoms with Gasteiger partial charge >= 0.3 is 0 Å². The molecule has 0 unspecified atom stereocenters. The summed E-state index contributed by atoms with van der Waals surface area (Å²) in [5.74, 6) is -1.02. The molecule has 1 aliphatic heterocycles. The molecule has 0 saturated carbocycles. The van der Waals surface area contributed by atoms with Gasteiger partial charge in [-0.05, 0) is 52.2 Å². The zero-order valence-electron chi connectivity index (χ0n) is 15.2. The minimum Gasteiger partial charge on any atom is -0.326 e. The quantitative estimate of drug-likeness (QED) is 0.706. The summed E-state index contributed by atoms with van der Waals surface area (Å²) in [6.07, 6.45) is 0.584. The Hall–Kier alpha value is -2.23. The van der Waals surface area contributed by atoms with E-state index >= 15 is 0 Å². The maximum absolute atomic E-state index is 12.7. The van der Waals surface area contributed by atoms with Crippen molar-refractivity contribution in [3.8, 4) is 0 Å². The molecular weight excluding hydrogens is 446 g/mol. The summed E-state index contributed by atoms with van der Waals surface area (Å²) >= 11 is 3.42. The number of halogens is 1. The molecule has 1 aliphatic rings. The molecule has 148 valence electrons. The second-order valence-corrected chi connectivity index (χ2v) is 8.95. The van der Waals surface area contributed by atoms with Crippen LogP contribution in [0.2, 0.25) is 0 Å². The molecule has 1 saturated heterocycles. The third-order valence-corrected chi connectivity index (χ3v) is 6.32. The van der Waals surface area contributed by atoms with E-state index in [4.69, 9.17) is 5.14 Å². The van der Waals surface area contributed by atoms with Crippen LogP contribution in [0.3, 0.4) is 0 Å². The molecule has 1 fully saturated rings. The average Bonchev–Trinajstić information content (AvgIpc) is 3.03. The van der Waals surface area contributed by atoms with Crippen molar-refractivity contribution in [3.05, 3.63) is 52.5 Å². The number of aryl methyl sites for hydroxylation is 1.